The van der Waals surface area contributed by atoms with Crippen molar-refractivity contribution in [2.75, 3.05) is 12.3 Å². The molecular weight excluding hydrogens is 360 g/mol. The van der Waals surface area contributed by atoms with Crippen LogP contribution in [0.5, 0.6) is 0 Å². The third kappa shape index (κ3) is 6.47. The van der Waals surface area contributed by atoms with Gasteiger partial charge in [0.25, 0.3) is 5.91 Å². The highest BCUT2D eigenvalue weighted by Crippen LogP contribution is 2.13. The molecule has 144 valence electrons. The van der Waals surface area contributed by atoms with E-state index in [4.69, 9.17) is 5.11 Å². The summed E-state index contributed by atoms with van der Waals surface area (Å²) < 4.78 is 23.7. The Balaban J connectivity index is 2.70. The molecule has 0 fully saturated rings. The van der Waals surface area contributed by atoms with Crippen LogP contribution in [0.15, 0.2) is 29.2 Å². The molecule has 1 aromatic rings. The van der Waals surface area contributed by atoms with E-state index in [9.17, 15) is 22.8 Å². The van der Waals surface area contributed by atoms with Gasteiger partial charge in [-0.15, -0.1) is 0 Å². The molecule has 0 saturated heterocycles. The predicted molar refractivity (Wildman–Crippen MR) is 95.5 cm³/mol. The average Bonchev–Trinajstić information content (AvgIpc) is 2.58. The quantitative estimate of drug-likeness (QED) is 0.578. The zero-order valence-electron chi connectivity index (χ0n) is 15.0. The third-order valence-electron chi connectivity index (χ3n) is 3.59. The molecule has 1 atom stereocenters. The Labute approximate surface area is 152 Å². The maximum Gasteiger partial charge on any atom is 0.326 e. The van der Waals surface area contributed by atoms with E-state index in [2.05, 4.69) is 10.6 Å². The Morgan fingerprint density at radius 2 is 1.85 bits per heavy atom. The molecule has 0 aliphatic carbocycles. The molecule has 0 bridgehead atoms. The topological polar surface area (TPSA) is 130 Å². The number of aliphatic carboxylic acids is 1. The number of carboxylic acid groups (broad SMARTS) is 1. The van der Waals surface area contributed by atoms with E-state index in [-0.39, 0.29) is 28.6 Å². The summed E-state index contributed by atoms with van der Waals surface area (Å²) in [7, 11) is -3.45. The minimum Gasteiger partial charge on any atom is -0.480 e. The number of nitrogens with one attached hydrogen (secondary N) is 2. The average molecular weight is 384 g/mol. The van der Waals surface area contributed by atoms with Gasteiger partial charge >= 0.3 is 5.97 Å². The number of sulfone groups is 1. The molecule has 0 aliphatic heterocycles. The SMILES string of the molecule is CCS(=O)(=O)c1cccc(C(=O)NCC(=O)N[C@@H](CC(C)C)C(=O)O)c1. The molecule has 3 N–H and O–H groups in total. The summed E-state index contributed by atoms with van der Waals surface area (Å²) in [5, 5.41) is 13.8. The molecule has 0 radical (unpaired) electrons. The molecule has 1 aromatic carbocycles. The summed E-state index contributed by atoms with van der Waals surface area (Å²) in [6.45, 7) is 4.76. The third-order valence-corrected chi connectivity index (χ3v) is 5.32. The minimum atomic E-state index is -3.45. The molecule has 0 saturated carbocycles. The highest BCUT2D eigenvalue weighted by atomic mass is 32.2. The van der Waals surface area contributed by atoms with Crippen LogP contribution in [0, 0.1) is 5.92 Å². The predicted octanol–water partition coefficient (Wildman–Crippen LogP) is 0.826. The van der Waals surface area contributed by atoms with E-state index in [0.717, 1.165) is 0 Å². The minimum absolute atomic E-state index is 0.0278. The van der Waals surface area contributed by atoms with E-state index in [1.165, 1.54) is 31.2 Å². The van der Waals surface area contributed by atoms with Crippen LogP contribution < -0.4 is 10.6 Å². The van der Waals surface area contributed by atoms with Gasteiger partial charge in [0.05, 0.1) is 17.2 Å². The van der Waals surface area contributed by atoms with Crippen molar-refractivity contribution >= 4 is 27.6 Å². The largest absolute Gasteiger partial charge is 0.480 e. The Morgan fingerprint density at radius 3 is 2.38 bits per heavy atom. The number of hydrogen-bond acceptors (Lipinski definition) is 5. The van der Waals surface area contributed by atoms with Crippen LogP contribution in [0.2, 0.25) is 0 Å². The lowest BCUT2D eigenvalue weighted by molar-refractivity contribution is -0.142. The van der Waals surface area contributed by atoms with Crippen LogP contribution in [0.1, 0.15) is 37.6 Å². The fourth-order valence-corrected chi connectivity index (χ4v) is 3.12. The Bertz CT molecular complexity index is 773. The van der Waals surface area contributed by atoms with Crippen molar-refractivity contribution in [1.29, 1.82) is 0 Å². The van der Waals surface area contributed by atoms with Crippen LogP contribution in [-0.4, -0.2) is 49.6 Å². The second-order valence-corrected chi connectivity index (χ2v) is 8.48. The molecule has 26 heavy (non-hydrogen) atoms. The van der Waals surface area contributed by atoms with Crippen molar-refractivity contribution in [3.8, 4) is 0 Å². The summed E-state index contributed by atoms with van der Waals surface area (Å²) in [6.07, 6.45) is 0.270. The zero-order valence-corrected chi connectivity index (χ0v) is 15.8. The summed E-state index contributed by atoms with van der Waals surface area (Å²) in [4.78, 5) is 35.1. The van der Waals surface area contributed by atoms with E-state index in [1.807, 2.05) is 13.8 Å². The van der Waals surface area contributed by atoms with Crippen LogP contribution in [0.25, 0.3) is 0 Å². The lowest BCUT2D eigenvalue weighted by atomic mass is 10.0. The number of hydrogen-bond donors (Lipinski definition) is 3. The Hall–Kier alpha value is -2.42. The molecule has 0 aromatic heterocycles. The van der Waals surface area contributed by atoms with E-state index in [0.29, 0.717) is 0 Å². The van der Waals surface area contributed by atoms with Crippen molar-refractivity contribution in [3.05, 3.63) is 29.8 Å². The maximum atomic E-state index is 12.1. The fourth-order valence-electron chi connectivity index (χ4n) is 2.20. The molecule has 9 heteroatoms. The first-order chi connectivity index (χ1) is 12.1. The van der Waals surface area contributed by atoms with Gasteiger partial charge in [-0.25, -0.2) is 13.2 Å². The maximum absolute atomic E-state index is 12.1. The zero-order chi connectivity index (χ0) is 19.9. The summed E-state index contributed by atoms with van der Waals surface area (Å²) in [5.74, 6) is -2.41. The van der Waals surface area contributed by atoms with Gasteiger partial charge in [0.2, 0.25) is 5.91 Å². The van der Waals surface area contributed by atoms with Gasteiger partial charge in [-0.05, 0) is 30.5 Å². The first kappa shape index (κ1) is 21.6. The van der Waals surface area contributed by atoms with Crippen LogP contribution >= 0.6 is 0 Å². The number of carboxylic acids is 1. The second-order valence-electron chi connectivity index (χ2n) is 6.20. The van der Waals surface area contributed by atoms with Crippen LogP contribution in [0.3, 0.4) is 0 Å². The summed E-state index contributed by atoms with van der Waals surface area (Å²) in [6, 6.07) is 4.48. The molecule has 0 heterocycles. The number of carbonyl (C=O) groups is 3. The molecule has 0 unspecified atom stereocenters. The first-order valence-electron chi connectivity index (χ1n) is 8.20. The van der Waals surface area contributed by atoms with Crippen molar-refractivity contribution in [2.24, 2.45) is 5.92 Å². The standard InChI is InChI=1S/C17H24N2O6S/c1-4-26(24,25)13-7-5-6-12(9-13)16(21)18-10-15(20)19-14(17(22)23)8-11(2)3/h5-7,9,11,14H,4,8,10H2,1-3H3,(H,18,21)(H,19,20)(H,22,23)/t14-/m0/s1. The van der Waals surface area contributed by atoms with Gasteiger partial charge in [0.1, 0.15) is 6.04 Å². The molecule has 8 nitrogen and oxygen atoms in total. The summed E-state index contributed by atoms with van der Waals surface area (Å²) >= 11 is 0. The van der Waals surface area contributed by atoms with Crippen molar-refractivity contribution < 1.29 is 27.9 Å². The fraction of sp³-hybridized carbons (Fsp3) is 0.471. The van der Waals surface area contributed by atoms with E-state index in [1.54, 1.807) is 0 Å². The van der Waals surface area contributed by atoms with Gasteiger partial charge in [-0.3, -0.25) is 9.59 Å². The van der Waals surface area contributed by atoms with E-state index >= 15 is 0 Å². The molecule has 0 aliphatic rings. The lowest BCUT2D eigenvalue weighted by Gasteiger charge is -2.16. The van der Waals surface area contributed by atoms with Crippen molar-refractivity contribution in [3.63, 3.8) is 0 Å². The second kappa shape index (κ2) is 9.33. The monoisotopic (exact) mass is 384 g/mol. The van der Waals surface area contributed by atoms with Gasteiger partial charge in [-0.2, -0.15) is 0 Å². The number of rotatable bonds is 9. The van der Waals surface area contributed by atoms with Gasteiger partial charge in [-0.1, -0.05) is 26.8 Å². The molecule has 1 rings (SSSR count). The number of carbonyl (C=O) groups excluding carboxylic acids is 2. The Kier molecular flexibility index (Phi) is 7.76. The van der Waals surface area contributed by atoms with Gasteiger partial charge < -0.3 is 15.7 Å². The first-order valence-corrected chi connectivity index (χ1v) is 9.85. The number of amides is 2. The van der Waals surface area contributed by atoms with Crippen molar-refractivity contribution in [2.45, 2.75) is 38.1 Å². The molecule has 0 spiro atoms. The highest BCUT2D eigenvalue weighted by Gasteiger charge is 2.21. The smallest absolute Gasteiger partial charge is 0.326 e. The molecule has 2 amide bonds. The van der Waals surface area contributed by atoms with Gasteiger partial charge in [0.15, 0.2) is 9.84 Å². The van der Waals surface area contributed by atoms with Gasteiger partial charge in [0, 0.05) is 5.56 Å². The summed E-state index contributed by atoms with van der Waals surface area (Å²) in [5.41, 5.74) is 0.101. The Morgan fingerprint density at radius 1 is 1.19 bits per heavy atom. The van der Waals surface area contributed by atoms with E-state index < -0.39 is 40.2 Å². The molecular formula is C17H24N2O6S. The number of benzene rings is 1. The lowest BCUT2D eigenvalue weighted by Crippen LogP contribution is -2.46. The van der Waals surface area contributed by atoms with Crippen molar-refractivity contribution in [1.82, 2.24) is 10.6 Å². The normalized spacial score (nSPS) is 12.5. The van der Waals surface area contributed by atoms with Crippen LogP contribution in [-0.2, 0) is 19.4 Å². The highest BCUT2D eigenvalue weighted by molar-refractivity contribution is 7.91. The van der Waals surface area contributed by atoms with Crippen LogP contribution in [0.4, 0.5) is 0 Å².